The van der Waals surface area contributed by atoms with Gasteiger partial charge < -0.3 is 28.4 Å². The molecule has 6 saturated heterocycles. The first kappa shape index (κ1) is 44.9. The Morgan fingerprint density at radius 3 is 1.04 bits per heavy atom. The lowest BCUT2D eigenvalue weighted by molar-refractivity contribution is -0.286. The predicted molar refractivity (Wildman–Crippen MR) is 199 cm³/mol. The standard InChI is InChI=1S/C12H17NO4.2C11H15NO4.3C2H6/c14-9-8-11(10(15)13-9)2-4-12(5-3-11)16-6-1-7-17-12;13-8-7-10(9(14)12-8)1-3-11(4-2-10)15-5-6-16-11;13-8-6-10(9(14)12-8)2-1-3-11(7-10)15-4-5-16-11;3*1-2/h1-8H2,(H,13,14,15);2*1-7H2,(H,12,13,14);3*1-2H3. The molecule has 0 aromatic carbocycles. The van der Waals surface area contributed by atoms with E-state index in [0.29, 0.717) is 103 Å². The third kappa shape index (κ3) is 9.84. The van der Waals surface area contributed by atoms with Gasteiger partial charge in [-0.05, 0) is 44.9 Å². The molecule has 3 N–H and O–H groups in total. The minimum atomic E-state index is -0.597. The van der Waals surface area contributed by atoms with E-state index in [2.05, 4.69) is 16.0 Å². The minimum Gasteiger partial charge on any atom is -0.350 e. The fraction of sp³-hybridized carbons (Fsp3) is 0.850. The zero-order chi connectivity index (χ0) is 40.4. The summed E-state index contributed by atoms with van der Waals surface area (Å²) >= 11 is 0. The number of nitrogens with one attached hydrogen (secondary N) is 3. The van der Waals surface area contributed by atoms with Crippen molar-refractivity contribution in [3.63, 3.8) is 0 Å². The lowest BCUT2D eigenvalue weighted by atomic mass is 9.70. The van der Waals surface area contributed by atoms with Crippen molar-refractivity contribution in [3.8, 4) is 0 Å². The number of imide groups is 3. The summed E-state index contributed by atoms with van der Waals surface area (Å²) in [6.45, 7) is 15.9. The van der Waals surface area contributed by atoms with Gasteiger partial charge in [-0.3, -0.25) is 44.7 Å². The molecule has 15 heteroatoms. The van der Waals surface area contributed by atoms with Gasteiger partial charge in [0.05, 0.1) is 55.9 Å². The van der Waals surface area contributed by atoms with Crippen molar-refractivity contribution in [2.45, 2.75) is 162 Å². The van der Waals surface area contributed by atoms with Crippen LogP contribution in [0.15, 0.2) is 0 Å². The Kier molecular flexibility index (Phi) is 15.6. The van der Waals surface area contributed by atoms with E-state index < -0.39 is 33.6 Å². The van der Waals surface area contributed by atoms with Gasteiger partial charge in [-0.25, -0.2) is 0 Å². The van der Waals surface area contributed by atoms with Gasteiger partial charge in [-0.2, -0.15) is 0 Å². The van der Waals surface area contributed by atoms with Crippen LogP contribution in [0.25, 0.3) is 0 Å². The van der Waals surface area contributed by atoms with Crippen molar-refractivity contribution in [2.75, 3.05) is 39.6 Å². The summed E-state index contributed by atoms with van der Waals surface area (Å²) in [7, 11) is 0. The highest BCUT2D eigenvalue weighted by Crippen LogP contribution is 2.51. The normalized spacial score (nSPS) is 29.8. The first-order valence-electron chi connectivity index (χ1n) is 20.8. The summed E-state index contributed by atoms with van der Waals surface area (Å²) in [4.78, 5) is 69.3. The largest absolute Gasteiger partial charge is 0.350 e. The fourth-order valence-electron chi connectivity index (χ4n) is 9.27. The van der Waals surface area contributed by atoms with Gasteiger partial charge in [0.2, 0.25) is 35.4 Å². The van der Waals surface area contributed by atoms with Gasteiger partial charge in [0, 0.05) is 57.8 Å². The van der Waals surface area contributed by atoms with Crippen molar-refractivity contribution in [1.82, 2.24) is 16.0 Å². The van der Waals surface area contributed by atoms with Crippen molar-refractivity contribution >= 4 is 35.4 Å². The van der Waals surface area contributed by atoms with E-state index in [1.54, 1.807) is 0 Å². The van der Waals surface area contributed by atoms with Gasteiger partial charge in [0.1, 0.15) is 0 Å². The molecule has 3 aliphatic carbocycles. The number of carbonyl (C=O) groups excluding carboxylic acids is 6. The third-order valence-corrected chi connectivity index (χ3v) is 12.1. The molecule has 0 aromatic heterocycles. The number of carbonyl (C=O) groups is 6. The van der Waals surface area contributed by atoms with E-state index in [9.17, 15) is 28.8 Å². The zero-order valence-corrected chi connectivity index (χ0v) is 34.0. The quantitative estimate of drug-likeness (QED) is 0.293. The van der Waals surface area contributed by atoms with Gasteiger partial charge in [-0.1, -0.05) is 41.5 Å². The lowest BCUT2D eigenvalue weighted by Gasteiger charge is -2.44. The molecule has 9 fully saturated rings. The molecule has 0 aromatic rings. The van der Waals surface area contributed by atoms with Crippen LogP contribution in [-0.4, -0.2) is 92.4 Å². The molecule has 6 heterocycles. The summed E-state index contributed by atoms with van der Waals surface area (Å²) in [5, 5.41) is 7.20. The van der Waals surface area contributed by atoms with E-state index >= 15 is 0 Å². The molecule has 0 bridgehead atoms. The second-order valence-electron chi connectivity index (χ2n) is 15.2. The zero-order valence-electron chi connectivity index (χ0n) is 34.0. The SMILES string of the molecule is CC.CC.CC.O=C1CC2(CCC3(CC2)OCCCO3)C(=O)N1.O=C1CC2(CCC3(CC2)OCCO3)C(=O)N1.O=C1CC2(CCCC3(C2)OCCO3)C(=O)N1. The Balaban J connectivity index is 0.000000172. The molecular weight excluding hydrogens is 714 g/mol. The van der Waals surface area contributed by atoms with Crippen molar-refractivity contribution in [1.29, 1.82) is 0 Å². The molecule has 3 saturated carbocycles. The highest BCUT2D eigenvalue weighted by molar-refractivity contribution is 6.07. The minimum absolute atomic E-state index is 0.104. The van der Waals surface area contributed by atoms with Crippen LogP contribution < -0.4 is 16.0 Å². The first-order chi connectivity index (χ1) is 26.4. The molecule has 9 rings (SSSR count). The number of amides is 6. The summed E-state index contributed by atoms with van der Waals surface area (Å²) in [5.41, 5.74) is -1.52. The van der Waals surface area contributed by atoms with Crippen LogP contribution in [0, 0.1) is 16.2 Å². The van der Waals surface area contributed by atoms with Crippen molar-refractivity contribution in [2.24, 2.45) is 16.2 Å². The average Bonchev–Trinajstić information content (AvgIpc) is 4.01. The third-order valence-electron chi connectivity index (χ3n) is 12.1. The van der Waals surface area contributed by atoms with E-state index in [1.807, 2.05) is 41.5 Å². The maximum Gasteiger partial charge on any atom is 0.233 e. The molecular formula is C40H65N3O12. The topological polar surface area (TPSA) is 194 Å². The lowest BCUT2D eigenvalue weighted by Crippen LogP contribution is -2.48. The Labute approximate surface area is 325 Å². The van der Waals surface area contributed by atoms with Gasteiger partial charge in [-0.15, -0.1) is 0 Å². The second-order valence-corrected chi connectivity index (χ2v) is 15.2. The highest BCUT2D eigenvalue weighted by atomic mass is 16.7. The van der Waals surface area contributed by atoms with Crippen molar-refractivity contribution in [3.05, 3.63) is 0 Å². The molecule has 6 amide bonds. The van der Waals surface area contributed by atoms with Crippen LogP contribution in [0.2, 0.25) is 0 Å². The Hall–Kier alpha value is -2.82. The highest BCUT2D eigenvalue weighted by Gasteiger charge is 2.57. The van der Waals surface area contributed by atoms with Crippen LogP contribution in [0.4, 0.5) is 0 Å². The van der Waals surface area contributed by atoms with Gasteiger partial charge >= 0.3 is 0 Å². The van der Waals surface area contributed by atoms with Gasteiger partial charge in [0.15, 0.2) is 17.4 Å². The monoisotopic (exact) mass is 779 g/mol. The summed E-state index contributed by atoms with van der Waals surface area (Å²) < 4.78 is 34.0. The smallest absolute Gasteiger partial charge is 0.233 e. The van der Waals surface area contributed by atoms with Crippen molar-refractivity contribution < 1.29 is 57.2 Å². The molecule has 6 spiro atoms. The molecule has 6 aliphatic heterocycles. The predicted octanol–water partition coefficient (Wildman–Crippen LogP) is 4.48. The van der Waals surface area contributed by atoms with E-state index in [0.717, 1.165) is 38.9 Å². The fourth-order valence-corrected chi connectivity index (χ4v) is 9.27. The summed E-state index contributed by atoms with van der Waals surface area (Å²) in [6, 6.07) is 0. The number of hydrogen-bond acceptors (Lipinski definition) is 12. The van der Waals surface area contributed by atoms with Crippen LogP contribution in [-0.2, 0) is 57.2 Å². The Morgan fingerprint density at radius 2 is 0.691 bits per heavy atom. The maximum atomic E-state index is 11.9. The molecule has 15 nitrogen and oxygen atoms in total. The van der Waals surface area contributed by atoms with Crippen LogP contribution >= 0.6 is 0 Å². The molecule has 1 atom stereocenters. The Bertz CT molecular complexity index is 1360. The van der Waals surface area contributed by atoms with E-state index in [1.165, 1.54) is 0 Å². The maximum absolute atomic E-state index is 11.9. The first-order valence-corrected chi connectivity index (χ1v) is 20.8. The summed E-state index contributed by atoms with van der Waals surface area (Å²) in [5.74, 6) is -2.34. The number of ether oxygens (including phenoxy) is 6. The average molecular weight is 780 g/mol. The molecule has 0 radical (unpaired) electrons. The van der Waals surface area contributed by atoms with Gasteiger partial charge in [0.25, 0.3) is 0 Å². The van der Waals surface area contributed by atoms with Crippen LogP contribution in [0.1, 0.15) is 144 Å². The second kappa shape index (κ2) is 19.1. The molecule has 55 heavy (non-hydrogen) atoms. The molecule has 9 aliphatic rings. The van der Waals surface area contributed by atoms with Crippen LogP contribution in [0.3, 0.4) is 0 Å². The van der Waals surface area contributed by atoms with E-state index in [4.69, 9.17) is 28.4 Å². The van der Waals surface area contributed by atoms with Crippen LogP contribution in [0.5, 0.6) is 0 Å². The molecule has 1 unspecified atom stereocenters. The summed E-state index contributed by atoms with van der Waals surface area (Å²) in [6.07, 6.45) is 10.5. The Morgan fingerprint density at radius 1 is 0.364 bits per heavy atom. The number of rotatable bonds is 0. The number of hydrogen-bond donors (Lipinski definition) is 3. The van der Waals surface area contributed by atoms with E-state index in [-0.39, 0.29) is 35.4 Å². The molecule has 312 valence electrons.